The summed E-state index contributed by atoms with van der Waals surface area (Å²) in [6.07, 6.45) is 6.16. The SMILES string of the molecule is COC(=O)NC1CC(Nc2c(C=O)cnc3c2c(-c2ccc4c(cnn4C(C)C)c2)cn3S(=O)(=O)c2ccccc2)C1. The summed E-state index contributed by atoms with van der Waals surface area (Å²) in [5, 5.41) is 12.2. The molecule has 0 aliphatic heterocycles. The van der Waals surface area contributed by atoms with Gasteiger partial charge >= 0.3 is 6.09 Å². The second-order valence-corrected chi connectivity index (χ2v) is 12.5. The van der Waals surface area contributed by atoms with Crippen LogP contribution in [0.5, 0.6) is 0 Å². The van der Waals surface area contributed by atoms with Crippen molar-refractivity contribution in [2.24, 2.45) is 0 Å². The van der Waals surface area contributed by atoms with E-state index in [-0.39, 0.29) is 28.7 Å². The fraction of sp³-hybridized carbons (Fsp3) is 0.267. The average molecular weight is 587 g/mol. The van der Waals surface area contributed by atoms with E-state index < -0.39 is 16.1 Å². The van der Waals surface area contributed by atoms with Crippen LogP contribution in [-0.2, 0) is 14.8 Å². The van der Waals surface area contributed by atoms with Crippen LogP contribution in [0.4, 0.5) is 10.5 Å². The molecule has 216 valence electrons. The first-order valence-electron chi connectivity index (χ1n) is 13.6. The van der Waals surface area contributed by atoms with E-state index >= 15 is 0 Å². The van der Waals surface area contributed by atoms with Crippen molar-refractivity contribution in [3.63, 3.8) is 0 Å². The van der Waals surface area contributed by atoms with Crippen molar-refractivity contribution < 1.29 is 22.7 Å². The number of carbonyl (C=O) groups is 2. The van der Waals surface area contributed by atoms with E-state index in [2.05, 4.69) is 34.6 Å². The quantitative estimate of drug-likeness (QED) is 0.243. The van der Waals surface area contributed by atoms with Crippen molar-refractivity contribution >= 4 is 50.0 Å². The maximum Gasteiger partial charge on any atom is 0.407 e. The molecule has 0 unspecified atom stereocenters. The third-order valence-corrected chi connectivity index (χ3v) is 9.29. The summed E-state index contributed by atoms with van der Waals surface area (Å²) in [5.74, 6) is 0. The molecule has 1 aliphatic rings. The molecule has 0 bridgehead atoms. The molecule has 1 fully saturated rings. The standard InChI is InChI=1S/C30H30N6O5S/c1-18(2)36-26-10-9-19(11-20(26)15-32-36)25-16-35(42(39,40)24-7-5-4-6-8-24)29-27(25)28(21(17-37)14-31-29)33-22-12-23(13-22)34-30(38)41-3/h4-11,14-18,22-23H,12-13H2,1-3H3,(H,31,33)(H,34,38). The predicted octanol–water partition coefficient (Wildman–Crippen LogP) is 4.98. The number of rotatable bonds is 8. The smallest absolute Gasteiger partial charge is 0.407 e. The summed E-state index contributed by atoms with van der Waals surface area (Å²) in [7, 11) is -2.71. The Bertz CT molecular complexity index is 1920. The zero-order chi connectivity index (χ0) is 29.6. The van der Waals surface area contributed by atoms with Gasteiger partial charge in [-0.05, 0) is 56.5 Å². The second-order valence-electron chi connectivity index (χ2n) is 10.7. The number of aromatic nitrogens is 4. The molecular weight excluding hydrogens is 556 g/mol. The molecule has 3 aromatic heterocycles. The summed E-state index contributed by atoms with van der Waals surface area (Å²) in [5.41, 5.74) is 3.31. The first-order valence-corrected chi connectivity index (χ1v) is 15.0. The highest BCUT2D eigenvalue weighted by Gasteiger charge is 2.33. The first-order chi connectivity index (χ1) is 20.2. The third-order valence-electron chi connectivity index (χ3n) is 7.63. The second kappa shape index (κ2) is 10.6. The zero-order valence-corrected chi connectivity index (χ0v) is 24.1. The number of pyridine rings is 1. The van der Waals surface area contributed by atoms with E-state index in [9.17, 15) is 18.0 Å². The summed E-state index contributed by atoms with van der Waals surface area (Å²) in [6, 6.07) is 14.0. The normalized spacial score (nSPS) is 16.9. The number of methoxy groups -OCH3 is 1. The predicted molar refractivity (Wildman–Crippen MR) is 159 cm³/mol. The van der Waals surface area contributed by atoms with Gasteiger partial charge in [0.1, 0.15) is 0 Å². The highest BCUT2D eigenvalue weighted by molar-refractivity contribution is 7.90. The van der Waals surface area contributed by atoms with Crippen LogP contribution in [0.1, 0.15) is 43.1 Å². The van der Waals surface area contributed by atoms with Crippen LogP contribution >= 0.6 is 0 Å². The van der Waals surface area contributed by atoms with Gasteiger partial charge in [0, 0.05) is 41.5 Å². The third kappa shape index (κ3) is 4.67. The lowest BCUT2D eigenvalue weighted by molar-refractivity contribution is 0.112. The van der Waals surface area contributed by atoms with Crippen molar-refractivity contribution in [3.8, 4) is 11.1 Å². The van der Waals surface area contributed by atoms with Gasteiger partial charge in [-0.1, -0.05) is 24.3 Å². The van der Waals surface area contributed by atoms with Crippen molar-refractivity contribution in [1.29, 1.82) is 0 Å². The Hall–Kier alpha value is -4.71. The van der Waals surface area contributed by atoms with Crippen LogP contribution in [0, 0.1) is 0 Å². The van der Waals surface area contributed by atoms with E-state index in [1.54, 1.807) is 30.6 Å². The molecule has 2 aromatic carbocycles. The van der Waals surface area contributed by atoms with Gasteiger partial charge in [0.05, 0.1) is 40.4 Å². The van der Waals surface area contributed by atoms with Crippen LogP contribution in [0.25, 0.3) is 33.1 Å². The van der Waals surface area contributed by atoms with Crippen molar-refractivity contribution in [3.05, 3.63) is 72.7 Å². The van der Waals surface area contributed by atoms with E-state index in [1.807, 2.05) is 22.9 Å². The van der Waals surface area contributed by atoms with Gasteiger partial charge in [0.15, 0.2) is 11.9 Å². The van der Waals surface area contributed by atoms with Gasteiger partial charge in [-0.25, -0.2) is 22.2 Å². The monoisotopic (exact) mass is 586 g/mol. The van der Waals surface area contributed by atoms with Gasteiger partial charge in [-0.3, -0.25) is 9.48 Å². The lowest BCUT2D eigenvalue weighted by Crippen LogP contribution is -2.49. The summed E-state index contributed by atoms with van der Waals surface area (Å²) in [6.45, 7) is 4.11. The fourth-order valence-electron chi connectivity index (χ4n) is 5.45. The van der Waals surface area contributed by atoms with Gasteiger partial charge in [0.25, 0.3) is 10.0 Å². The number of amides is 1. The summed E-state index contributed by atoms with van der Waals surface area (Å²) < 4.78 is 35.6. The van der Waals surface area contributed by atoms with Crippen molar-refractivity contribution in [1.82, 2.24) is 24.1 Å². The fourth-order valence-corrected chi connectivity index (χ4v) is 6.79. The Morgan fingerprint density at radius 3 is 2.55 bits per heavy atom. The number of alkyl carbamates (subject to hydrolysis) is 1. The summed E-state index contributed by atoms with van der Waals surface area (Å²) in [4.78, 5) is 28.5. The molecule has 0 atom stereocenters. The Labute approximate surface area is 242 Å². The molecular formula is C30H30N6O5S. The topological polar surface area (TPSA) is 137 Å². The largest absolute Gasteiger partial charge is 0.453 e. The molecule has 42 heavy (non-hydrogen) atoms. The minimum Gasteiger partial charge on any atom is -0.453 e. The maximum atomic E-state index is 13.9. The van der Waals surface area contributed by atoms with Crippen molar-refractivity contribution in [2.75, 3.05) is 12.4 Å². The number of carbonyl (C=O) groups excluding carboxylic acids is 2. The molecule has 1 amide bonds. The molecule has 6 rings (SSSR count). The van der Waals surface area contributed by atoms with Gasteiger partial charge in [0.2, 0.25) is 0 Å². The molecule has 5 aromatic rings. The Morgan fingerprint density at radius 1 is 1.10 bits per heavy atom. The Morgan fingerprint density at radius 2 is 1.86 bits per heavy atom. The maximum absolute atomic E-state index is 13.9. The number of benzene rings is 2. The summed E-state index contributed by atoms with van der Waals surface area (Å²) >= 11 is 0. The molecule has 1 aliphatic carbocycles. The molecule has 2 N–H and O–H groups in total. The van der Waals surface area contributed by atoms with Crippen LogP contribution in [0.2, 0.25) is 0 Å². The van der Waals surface area contributed by atoms with Gasteiger partial charge in [-0.15, -0.1) is 0 Å². The minimum atomic E-state index is -4.02. The number of hydrogen-bond acceptors (Lipinski definition) is 8. The number of aldehydes is 1. The Balaban J connectivity index is 1.52. The van der Waals surface area contributed by atoms with Crippen LogP contribution in [0.15, 0.2) is 72.0 Å². The molecule has 0 saturated heterocycles. The number of fused-ring (bicyclic) bond motifs is 2. The molecule has 12 heteroatoms. The minimum absolute atomic E-state index is 0.0647. The number of anilines is 1. The first kappa shape index (κ1) is 27.5. The highest BCUT2D eigenvalue weighted by Crippen LogP contribution is 2.40. The Kier molecular flexibility index (Phi) is 6.93. The van der Waals surface area contributed by atoms with Crippen LogP contribution in [-0.4, -0.2) is 58.7 Å². The zero-order valence-electron chi connectivity index (χ0n) is 23.3. The number of hydrogen-bond donors (Lipinski definition) is 2. The van der Waals surface area contributed by atoms with Crippen molar-refractivity contribution in [2.45, 2.75) is 49.7 Å². The van der Waals surface area contributed by atoms with Crippen LogP contribution in [0.3, 0.4) is 0 Å². The molecule has 11 nitrogen and oxygen atoms in total. The van der Waals surface area contributed by atoms with E-state index in [0.717, 1.165) is 16.5 Å². The lowest BCUT2D eigenvalue weighted by atomic mass is 9.86. The molecule has 3 heterocycles. The van der Waals surface area contributed by atoms with E-state index in [4.69, 9.17) is 4.74 Å². The number of ether oxygens (including phenoxy) is 1. The highest BCUT2D eigenvalue weighted by atomic mass is 32.2. The molecule has 0 radical (unpaired) electrons. The van der Waals surface area contributed by atoms with E-state index in [1.165, 1.54) is 29.4 Å². The number of nitrogens with one attached hydrogen (secondary N) is 2. The van der Waals surface area contributed by atoms with Crippen LogP contribution < -0.4 is 10.6 Å². The van der Waals surface area contributed by atoms with Gasteiger partial charge in [-0.2, -0.15) is 5.10 Å². The molecule has 1 saturated carbocycles. The average Bonchev–Trinajstić information content (AvgIpc) is 3.58. The van der Waals surface area contributed by atoms with Gasteiger partial charge < -0.3 is 15.4 Å². The van der Waals surface area contributed by atoms with E-state index in [0.29, 0.717) is 41.3 Å². The number of nitrogens with zero attached hydrogens (tertiary/aromatic N) is 4. The molecule has 0 spiro atoms. The lowest BCUT2D eigenvalue weighted by Gasteiger charge is -2.36.